The van der Waals surface area contributed by atoms with Crippen LogP contribution in [0.15, 0.2) is 36.5 Å². The summed E-state index contributed by atoms with van der Waals surface area (Å²) >= 11 is 1.50. The van der Waals surface area contributed by atoms with Crippen molar-refractivity contribution in [2.75, 3.05) is 5.32 Å². The largest absolute Gasteiger partial charge is 0.332 e. The number of hydrogen-bond acceptors (Lipinski definition) is 5. The third kappa shape index (κ3) is 4.07. The monoisotopic (exact) mass is 331 g/mol. The number of nitrogens with zero attached hydrogens (tertiary/aromatic N) is 1. The number of carbonyl (C=O) groups is 1. The van der Waals surface area contributed by atoms with E-state index in [4.69, 9.17) is 0 Å². The number of nitrogens with one attached hydrogen (secondary N) is 4. The van der Waals surface area contributed by atoms with Gasteiger partial charge < -0.3 is 5.32 Å². The van der Waals surface area contributed by atoms with Gasteiger partial charge in [0.2, 0.25) is 0 Å². The first kappa shape index (κ1) is 15.9. The van der Waals surface area contributed by atoms with Crippen molar-refractivity contribution in [1.82, 2.24) is 21.2 Å². The highest BCUT2D eigenvalue weighted by Gasteiger charge is 2.31. The molecule has 1 aromatic heterocycles. The second-order valence-electron chi connectivity index (χ2n) is 5.78. The molecule has 1 aromatic carbocycles. The van der Waals surface area contributed by atoms with Crippen molar-refractivity contribution in [3.63, 3.8) is 0 Å². The summed E-state index contributed by atoms with van der Waals surface area (Å²) < 4.78 is 0. The number of urea groups is 1. The third-order valence-electron chi connectivity index (χ3n) is 3.91. The van der Waals surface area contributed by atoms with E-state index in [9.17, 15) is 4.79 Å². The molecule has 1 aliphatic rings. The molecule has 2 amide bonds. The first-order valence-electron chi connectivity index (χ1n) is 7.69. The van der Waals surface area contributed by atoms with Crippen LogP contribution in [0.1, 0.15) is 24.3 Å². The minimum absolute atomic E-state index is 0.0405. The molecular weight excluding hydrogens is 310 g/mol. The molecule has 2 aromatic rings. The first-order chi connectivity index (χ1) is 11.1. The fourth-order valence-electron chi connectivity index (χ4n) is 2.65. The van der Waals surface area contributed by atoms with Crippen LogP contribution in [0, 0.1) is 0 Å². The van der Waals surface area contributed by atoms with Gasteiger partial charge in [-0.05, 0) is 19.4 Å². The highest BCUT2D eigenvalue weighted by Crippen LogP contribution is 2.21. The van der Waals surface area contributed by atoms with Gasteiger partial charge in [-0.25, -0.2) is 9.78 Å². The fraction of sp³-hybridized carbons (Fsp3) is 0.375. The van der Waals surface area contributed by atoms with Crippen LogP contribution >= 0.6 is 11.3 Å². The molecule has 0 aliphatic carbocycles. The van der Waals surface area contributed by atoms with Crippen molar-refractivity contribution in [2.24, 2.45) is 0 Å². The van der Waals surface area contributed by atoms with Gasteiger partial charge in [0.05, 0.1) is 6.04 Å². The maximum absolute atomic E-state index is 12.1. The number of hydrazine groups is 1. The van der Waals surface area contributed by atoms with Crippen LogP contribution in [0.2, 0.25) is 0 Å². The van der Waals surface area contributed by atoms with Crippen molar-refractivity contribution in [2.45, 2.75) is 38.4 Å². The fourth-order valence-corrected chi connectivity index (χ4v) is 3.50. The second-order valence-corrected chi connectivity index (χ2v) is 6.90. The lowest BCUT2D eigenvalue weighted by molar-refractivity contribution is 0.246. The van der Waals surface area contributed by atoms with Gasteiger partial charge in [-0.15, -0.1) is 11.3 Å². The van der Waals surface area contributed by atoms with Gasteiger partial charge in [0.25, 0.3) is 0 Å². The molecule has 1 fully saturated rings. The van der Waals surface area contributed by atoms with Crippen LogP contribution in [-0.4, -0.2) is 29.1 Å². The van der Waals surface area contributed by atoms with Gasteiger partial charge in [-0.1, -0.05) is 30.3 Å². The third-order valence-corrected chi connectivity index (χ3v) is 4.82. The van der Waals surface area contributed by atoms with E-state index in [0.717, 1.165) is 11.3 Å². The van der Waals surface area contributed by atoms with E-state index in [-0.39, 0.29) is 24.2 Å². The predicted octanol–water partition coefficient (Wildman–Crippen LogP) is 2.11. The van der Waals surface area contributed by atoms with Gasteiger partial charge in [0.1, 0.15) is 0 Å². The lowest BCUT2D eigenvalue weighted by Gasteiger charge is -2.19. The van der Waals surface area contributed by atoms with Gasteiger partial charge in [-0.3, -0.25) is 16.2 Å². The molecule has 0 saturated carbocycles. The maximum Gasteiger partial charge on any atom is 0.321 e. The molecule has 1 saturated heterocycles. The quantitative estimate of drug-likeness (QED) is 0.692. The molecule has 6 nitrogen and oxygen atoms in total. The predicted molar refractivity (Wildman–Crippen MR) is 92.5 cm³/mol. The summed E-state index contributed by atoms with van der Waals surface area (Å²) in [5.41, 5.74) is 7.46. The maximum atomic E-state index is 12.1. The van der Waals surface area contributed by atoms with E-state index >= 15 is 0 Å². The lowest BCUT2D eigenvalue weighted by atomic mass is 10.1. The zero-order valence-electron chi connectivity index (χ0n) is 13.2. The van der Waals surface area contributed by atoms with Crippen LogP contribution in [-0.2, 0) is 6.42 Å². The summed E-state index contributed by atoms with van der Waals surface area (Å²) in [5, 5.41) is 6.41. The summed E-state index contributed by atoms with van der Waals surface area (Å²) in [6.07, 6.45) is 2.64. The Bertz CT molecular complexity index is 650. The molecule has 1 aliphatic heterocycles. The summed E-state index contributed by atoms with van der Waals surface area (Å²) in [7, 11) is 0. The second kappa shape index (κ2) is 7.08. The molecule has 7 heteroatoms. The van der Waals surface area contributed by atoms with E-state index in [2.05, 4.69) is 38.6 Å². The van der Waals surface area contributed by atoms with Crippen molar-refractivity contribution < 1.29 is 4.79 Å². The van der Waals surface area contributed by atoms with Crippen LogP contribution < -0.4 is 21.5 Å². The van der Waals surface area contributed by atoms with Crippen LogP contribution in [0.3, 0.4) is 0 Å². The summed E-state index contributed by atoms with van der Waals surface area (Å²) in [6.45, 7) is 4.06. The molecule has 0 radical (unpaired) electrons. The lowest BCUT2D eigenvalue weighted by Crippen LogP contribution is -2.47. The van der Waals surface area contributed by atoms with E-state index in [1.807, 2.05) is 38.2 Å². The molecule has 0 bridgehead atoms. The van der Waals surface area contributed by atoms with Crippen LogP contribution in [0.5, 0.6) is 0 Å². The number of carbonyl (C=O) groups excluding carboxylic acids is 1. The number of anilines is 1. The van der Waals surface area contributed by atoms with E-state index in [1.54, 1.807) is 0 Å². The molecule has 0 spiro atoms. The average molecular weight is 331 g/mol. The zero-order chi connectivity index (χ0) is 16.2. The Morgan fingerprint density at radius 2 is 1.91 bits per heavy atom. The number of amides is 2. The van der Waals surface area contributed by atoms with Crippen molar-refractivity contribution >= 4 is 22.5 Å². The first-order valence-corrected chi connectivity index (χ1v) is 8.50. The zero-order valence-corrected chi connectivity index (χ0v) is 14.0. The molecule has 4 N–H and O–H groups in total. The van der Waals surface area contributed by atoms with Gasteiger partial charge in [0.15, 0.2) is 5.13 Å². The molecule has 2 heterocycles. The number of benzene rings is 1. The molecule has 122 valence electrons. The van der Waals surface area contributed by atoms with Gasteiger partial charge in [-0.2, -0.15) is 0 Å². The van der Waals surface area contributed by atoms with Gasteiger partial charge >= 0.3 is 6.03 Å². The summed E-state index contributed by atoms with van der Waals surface area (Å²) in [5.74, 6) is 0. The van der Waals surface area contributed by atoms with Crippen molar-refractivity contribution in [3.05, 3.63) is 47.0 Å². The Balaban J connectivity index is 1.55. The Morgan fingerprint density at radius 3 is 2.61 bits per heavy atom. The van der Waals surface area contributed by atoms with Crippen molar-refractivity contribution in [1.29, 1.82) is 0 Å². The average Bonchev–Trinajstić information content (AvgIpc) is 3.09. The molecule has 3 rings (SSSR count). The van der Waals surface area contributed by atoms with Crippen LogP contribution in [0.4, 0.5) is 9.93 Å². The van der Waals surface area contributed by atoms with E-state index < -0.39 is 0 Å². The van der Waals surface area contributed by atoms with Crippen molar-refractivity contribution in [3.8, 4) is 0 Å². The Hall–Kier alpha value is -1.96. The smallest absolute Gasteiger partial charge is 0.321 e. The summed E-state index contributed by atoms with van der Waals surface area (Å²) in [4.78, 5) is 17.5. The molecular formula is C16H21N5OS. The van der Waals surface area contributed by atoms with E-state index in [0.29, 0.717) is 5.13 Å². The Morgan fingerprint density at radius 1 is 1.22 bits per heavy atom. The molecule has 2 atom stereocenters. The molecule has 2 unspecified atom stereocenters. The highest BCUT2D eigenvalue weighted by molar-refractivity contribution is 7.15. The van der Waals surface area contributed by atoms with E-state index in [1.165, 1.54) is 16.9 Å². The summed E-state index contributed by atoms with van der Waals surface area (Å²) in [6, 6.07) is 10.4. The number of hydrogen-bond donors (Lipinski definition) is 4. The highest BCUT2D eigenvalue weighted by atomic mass is 32.1. The SMILES string of the molecule is CC1NNC(C)C1NC(=O)Nc1ncc(Cc2ccccc2)s1. The van der Waals surface area contributed by atoms with Gasteiger partial charge in [0, 0.05) is 29.6 Å². The molecule has 23 heavy (non-hydrogen) atoms. The number of thiazole rings is 1. The Labute approximate surface area is 139 Å². The number of rotatable bonds is 4. The Kier molecular flexibility index (Phi) is 4.90. The topological polar surface area (TPSA) is 78.1 Å². The van der Waals surface area contributed by atoms with Crippen LogP contribution in [0.25, 0.3) is 0 Å². The minimum atomic E-state index is -0.222. The minimum Gasteiger partial charge on any atom is -0.332 e. The normalized spacial score (nSPS) is 23.7. The standard InChI is InChI=1S/C16H21N5OS/c1-10-14(11(2)21-20-10)18-15(22)19-16-17-9-13(23-16)8-12-6-4-3-5-7-12/h3-7,9-11,14,20-21H,8H2,1-2H3,(H2,17,18,19,22). The number of aromatic nitrogens is 1.